The summed E-state index contributed by atoms with van der Waals surface area (Å²) in [7, 11) is 0. The van der Waals surface area contributed by atoms with Crippen LogP contribution in [0.2, 0.25) is 0 Å². The number of nitrogens with one attached hydrogen (secondary N) is 1. The lowest BCUT2D eigenvalue weighted by atomic mass is 10.1. The Kier molecular flexibility index (Phi) is 5.00. The van der Waals surface area contributed by atoms with Gasteiger partial charge in [-0.1, -0.05) is 18.2 Å². The molecule has 110 valence electrons. The van der Waals surface area contributed by atoms with Gasteiger partial charge in [-0.25, -0.2) is 8.78 Å². The summed E-state index contributed by atoms with van der Waals surface area (Å²) < 4.78 is 26.2. The van der Waals surface area contributed by atoms with E-state index in [0.29, 0.717) is 12.2 Å². The SMILES string of the molecule is NCCc1ccc(NC(=O)Cc2ccc(F)cc2F)cc1. The fraction of sp³-hybridized carbons (Fsp3) is 0.188. The monoisotopic (exact) mass is 290 g/mol. The molecular weight excluding hydrogens is 274 g/mol. The fourth-order valence-electron chi connectivity index (χ4n) is 1.96. The Bertz CT molecular complexity index is 627. The number of carbonyl (C=O) groups excluding carboxylic acids is 1. The van der Waals surface area contributed by atoms with Gasteiger partial charge in [0, 0.05) is 11.8 Å². The summed E-state index contributed by atoms with van der Waals surface area (Å²) in [6.07, 6.45) is 0.631. The average Bonchev–Trinajstić information content (AvgIpc) is 2.44. The second-order valence-corrected chi connectivity index (χ2v) is 4.70. The second-order valence-electron chi connectivity index (χ2n) is 4.70. The first-order chi connectivity index (χ1) is 10.1. The van der Waals surface area contributed by atoms with Gasteiger partial charge in [0.25, 0.3) is 0 Å². The highest BCUT2D eigenvalue weighted by molar-refractivity contribution is 5.92. The molecule has 0 saturated carbocycles. The molecule has 0 bridgehead atoms. The molecule has 0 aliphatic carbocycles. The van der Waals surface area contributed by atoms with Crippen molar-refractivity contribution >= 4 is 11.6 Å². The number of benzene rings is 2. The quantitative estimate of drug-likeness (QED) is 0.889. The molecule has 0 fully saturated rings. The van der Waals surface area contributed by atoms with Crippen molar-refractivity contribution in [3.05, 3.63) is 65.2 Å². The normalized spacial score (nSPS) is 10.4. The first-order valence-electron chi connectivity index (χ1n) is 6.61. The summed E-state index contributed by atoms with van der Waals surface area (Å²) in [5, 5.41) is 2.67. The molecule has 3 N–H and O–H groups in total. The lowest BCUT2D eigenvalue weighted by Crippen LogP contribution is -2.15. The molecule has 0 aromatic heterocycles. The van der Waals surface area contributed by atoms with E-state index in [1.165, 1.54) is 6.07 Å². The first kappa shape index (κ1) is 15.1. The van der Waals surface area contributed by atoms with Gasteiger partial charge in [0.1, 0.15) is 11.6 Å². The molecule has 0 aliphatic rings. The van der Waals surface area contributed by atoms with E-state index in [1.54, 1.807) is 12.1 Å². The molecule has 0 atom stereocenters. The van der Waals surface area contributed by atoms with Gasteiger partial charge in [0.2, 0.25) is 5.91 Å². The maximum absolute atomic E-state index is 13.5. The predicted molar refractivity (Wildman–Crippen MR) is 77.9 cm³/mol. The number of amides is 1. The number of halogens is 2. The molecule has 2 rings (SSSR count). The minimum atomic E-state index is -0.719. The number of hydrogen-bond donors (Lipinski definition) is 2. The Morgan fingerprint density at radius 1 is 1.10 bits per heavy atom. The van der Waals surface area contributed by atoms with Gasteiger partial charge in [0.05, 0.1) is 6.42 Å². The molecule has 0 saturated heterocycles. The van der Waals surface area contributed by atoms with Crippen LogP contribution in [0.3, 0.4) is 0 Å². The van der Waals surface area contributed by atoms with Crippen molar-refractivity contribution < 1.29 is 13.6 Å². The number of nitrogens with two attached hydrogens (primary N) is 1. The van der Waals surface area contributed by atoms with Gasteiger partial charge < -0.3 is 11.1 Å². The van der Waals surface area contributed by atoms with E-state index in [0.717, 1.165) is 24.1 Å². The summed E-state index contributed by atoms with van der Waals surface area (Å²) in [5.41, 5.74) is 7.33. The lowest BCUT2D eigenvalue weighted by molar-refractivity contribution is -0.115. The third-order valence-corrected chi connectivity index (χ3v) is 3.04. The van der Waals surface area contributed by atoms with Gasteiger partial charge >= 0.3 is 0 Å². The number of carbonyl (C=O) groups is 1. The number of anilines is 1. The average molecular weight is 290 g/mol. The lowest BCUT2D eigenvalue weighted by Gasteiger charge is -2.07. The van der Waals surface area contributed by atoms with Crippen LogP contribution in [-0.2, 0) is 17.6 Å². The van der Waals surface area contributed by atoms with E-state index in [2.05, 4.69) is 5.32 Å². The molecule has 1 amide bonds. The van der Waals surface area contributed by atoms with Crippen molar-refractivity contribution in [2.24, 2.45) is 5.73 Å². The van der Waals surface area contributed by atoms with Crippen molar-refractivity contribution in [1.82, 2.24) is 0 Å². The second kappa shape index (κ2) is 6.95. The zero-order valence-electron chi connectivity index (χ0n) is 11.4. The Balaban J connectivity index is 1.98. The van der Waals surface area contributed by atoms with E-state index in [9.17, 15) is 13.6 Å². The van der Waals surface area contributed by atoms with E-state index < -0.39 is 11.6 Å². The third kappa shape index (κ3) is 4.36. The van der Waals surface area contributed by atoms with Crippen molar-refractivity contribution in [3.8, 4) is 0 Å². The Morgan fingerprint density at radius 2 is 1.81 bits per heavy atom. The summed E-state index contributed by atoms with van der Waals surface area (Å²) in [5.74, 6) is -1.73. The molecule has 0 spiro atoms. The first-order valence-corrected chi connectivity index (χ1v) is 6.61. The van der Waals surface area contributed by atoms with Crippen LogP contribution in [0, 0.1) is 11.6 Å². The molecule has 0 radical (unpaired) electrons. The molecular formula is C16H16F2N2O. The van der Waals surface area contributed by atoms with Crippen LogP contribution < -0.4 is 11.1 Å². The molecule has 0 heterocycles. The third-order valence-electron chi connectivity index (χ3n) is 3.04. The van der Waals surface area contributed by atoms with Gasteiger partial charge in [-0.15, -0.1) is 0 Å². The molecule has 2 aromatic rings. The summed E-state index contributed by atoms with van der Waals surface area (Å²) >= 11 is 0. The van der Waals surface area contributed by atoms with Crippen LogP contribution in [-0.4, -0.2) is 12.5 Å². The highest BCUT2D eigenvalue weighted by Crippen LogP contribution is 2.13. The topological polar surface area (TPSA) is 55.1 Å². The van der Waals surface area contributed by atoms with Crippen LogP contribution in [0.25, 0.3) is 0 Å². The highest BCUT2D eigenvalue weighted by atomic mass is 19.1. The molecule has 0 aliphatic heterocycles. The molecule has 3 nitrogen and oxygen atoms in total. The molecule has 21 heavy (non-hydrogen) atoms. The van der Waals surface area contributed by atoms with Gasteiger partial charge in [-0.05, 0) is 42.3 Å². The summed E-state index contributed by atoms with van der Waals surface area (Å²) in [6.45, 7) is 0.565. The number of hydrogen-bond acceptors (Lipinski definition) is 2. The summed E-state index contributed by atoms with van der Waals surface area (Å²) in [6, 6.07) is 10.5. The highest BCUT2D eigenvalue weighted by Gasteiger charge is 2.09. The largest absolute Gasteiger partial charge is 0.330 e. The van der Waals surface area contributed by atoms with E-state index >= 15 is 0 Å². The smallest absolute Gasteiger partial charge is 0.228 e. The molecule has 0 unspecified atom stereocenters. The van der Waals surface area contributed by atoms with Gasteiger partial charge in [-0.3, -0.25) is 4.79 Å². The maximum Gasteiger partial charge on any atom is 0.228 e. The predicted octanol–water partition coefficient (Wildman–Crippen LogP) is 2.65. The van der Waals surface area contributed by atoms with E-state index in [1.807, 2.05) is 12.1 Å². The maximum atomic E-state index is 13.5. The molecule has 5 heteroatoms. The number of rotatable bonds is 5. The van der Waals surface area contributed by atoms with Crippen LogP contribution >= 0.6 is 0 Å². The van der Waals surface area contributed by atoms with Crippen LogP contribution in [0.1, 0.15) is 11.1 Å². The Labute approximate surface area is 121 Å². The van der Waals surface area contributed by atoms with Crippen molar-refractivity contribution in [2.75, 3.05) is 11.9 Å². The van der Waals surface area contributed by atoms with Crippen molar-refractivity contribution in [1.29, 1.82) is 0 Å². The standard InChI is InChI=1S/C16H16F2N2O/c17-13-4-3-12(15(18)10-13)9-16(21)20-14-5-1-11(2-6-14)7-8-19/h1-6,10H,7-9,19H2,(H,20,21). The Hall–Kier alpha value is -2.27. The molecule has 2 aromatic carbocycles. The van der Waals surface area contributed by atoms with E-state index in [4.69, 9.17) is 5.73 Å². The Morgan fingerprint density at radius 3 is 2.43 bits per heavy atom. The van der Waals surface area contributed by atoms with Crippen LogP contribution in [0.15, 0.2) is 42.5 Å². The zero-order chi connectivity index (χ0) is 15.2. The van der Waals surface area contributed by atoms with Crippen molar-refractivity contribution in [2.45, 2.75) is 12.8 Å². The van der Waals surface area contributed by atoms with Gasteiger partial charge in [0.15, 0.2) is 0 Å². The minimum Gasteiger partial charge on any atom is -0.330 e. The van der Waals surface area contributed by atoms with Crippen LogP contribution in [0.5, 0.6) is 0 Å². The van der Waals surface area contributed by atoms with Crippen molar-refractivity contribution in [3.63, 3.8) is 0 Å². The van der Waals surface area contributed by atoms with E-state index in [-0.39, 0.29) is 17.9 Å². The van der Waals surface area contributed by atoms with Gasteiger partial charge in [-0.2, -0.15) is 0 Å². The van der Waals surface area contributed by atoms with Crippen LogP contribution in [0.4, 0.5) is 14.5 Å². The summed E-state index contributed by atoms with van der Waals surface area (Å²) in [4.78, 5) is 11.8. The zero-order valence-corrected chi connectivity index (χ0v) is 11.4. The fourth-order valence-corrected chi connectivity index (χ4v) is 1.96. The minimum absolute atomic E-state index is 0.142.